The highest BCUT2D eigenvalue weighted by molar-refractivity contribution is 7.10. The summed E-state index contributed by atoms with van der Waals surface area (Å²) in [6.07, 6.45) is 1.01. The van der Waals surface area contributed by atoms with Crippen molar-refractivity contribution in [1.82, 2.24) is 10.2 Å². The SMILES string of the molecule is CCCC(NC(=O)N1CC(O)CC1C(=O)O)c1cccs1. The zero-order chi connectivity index (χ0) is 15.4. The number of carbonyl (C=O) groups excluding carboxylic acids is 1. The molecule has 1 aliphatic rings. The van der Waals surface area contributed by atoms with Crippen LogP contribution in [-0.4, -0.2) is 45.8 Å². The van der Waals surface area contributed by atoms with Crippen molar-refractivity contribution in [3.05, 3.63) is 22.4 Å². The lowest BCUT2D eigenvalue weighted by molar-refractivity contribution is -0.141. The molecule has 0 aromatic carbocycles. The fourth-order valence-corrected chi connectivity index (χ4v) is 3.38. The van der Waals surface area contributed by atoms with E-state index in [9.17, 15) is 14.7 Å². The van der Waals surface area contributed by atoms with Crippen molar-refractivity contribution < 1.29 is 19.8 Å². The van der Waals surface area contributed by atoms with Crippen molar-refractivity contribution in [2.45, 2.75) is 44.4 Å². The first-order valence-electron chi connectivity index (χ1n) is 7.04. The van der Waals surface area contributed by atoms with E-state index in [2.05, 4.69) is 5.32 Å². The molecule has 1 fully saturated rings. The number of hydrogen-bond acceptors (Lipinski definition) is 4. The number of thiophene rings is 1. The molecule has 2 heterocycles. The molecule has 1 saturated heterocycles. The van der Waals surface area contributed by atoms with Crippen molar-refractivity contribution in [1.29, 1.82) is 0 Å². The smallest absolute Gasteiger partial charge is 0.326 e. The summed E-state index contributed by atoms with van der Waals surface area (Å²) >= 11 is 1.56. The predicted molar refractivity (Wildman–Crippen MR) is 79.3 cm³/mol. The Kier molecular flexibility index (Phi) is 5.19. The van der Waals surface area contributed by atoms with E-state index in [-0.39, 0.29) is 19.0 Å². The Morgan fingerprint density at radius 2 is 2.33 bits per heavy atom. The van der Waals surface area contributed by atoms with E-state index in [4.69, 9.17) is 5.11 Å². The number of hydrogen-bond donors (Lipinski definition) is 3. The number of likely N-dealkylation sites (tertiary alicyclic amines) is 1. The molecule has 3 atom stereocenters. The molecule has 6 nitrogen and oxygen atoms in total. The zero-order valence-corrected chi connectivity index (χ0v) is 12.7. The minimum Gasteiger partial charge on any atom is -0.480 e. The molecule has 0 radical (unpaired) electrons. The molecule has 0 aliphatic carbocycles. The summed E-state index contributed by atoms with van der Waals surface area (Å²) in [6, 6.07) is 2.39. The Labute approximate surface area is 127 Å². The fourth-order valence-electron chi connectivity index (χ4n) is 2.57. The number of β-amino-alcohol motifs (C(OH)–C–C–N with tert-alkyl or cyclic N) is 1. The van der Waals surface area contributed by atoms with Gasteiger partial charge in [-0.25, -0.2) is 9.59 Å². The molecule has 1 aromatic rings. The van der Waals surface area contributed by atoms with Crippen LogP contribution in [0.3, 0.4) is 0 Å². The van der Waals surface area contributed by atoms with Gasteiger partial charge < -0.3 is 20.4 Å². The van der Waals surface area contributed by atoms with Gasteiger partial charge in [-0.05, 0) is 17.9 Å². The van der Waals surface area contributed by atoms with Gasteiger partial charge in [-0.3, -0.25) is 0 Å². The number of aliphatic hydroxyl groups excluding tert-OH is 1. The van der Waals surface area contributed by atoms with Gasteiger partial charge in [-0.2, -0.15) is 0 Å². The Morgan fingerprint density at radius 3 is 2.90 bits per heavy atom. The van der Waals surface area contributed by atoms with Crippen LogP contribution < -0.4 is 5.32 Å². The number of carbonyl (C=O) groups is 2. The van der Waals surface area contributed by atoms with Crippen molar-refractivity contribution >= 4 is 23.3 Å². The van der Waals surface area contributed by atoms with E-state index >= 15 is 0 Å². The van der Waals surface area contributed by atoms with Crippen molar-refractivity contribution in [2.75, 3.05) is 6.54 Å². The monoisotopic (exact) mass is 312 g/mol. The summed E-state index contributed by atoms with van der Waals surface area (Å²) in [5.41, 5.74) is 0. The van der Waals surface area contributed by atoms with Crippen LogP contribution in [0.5, 0.6) is 0 Å². The maximum absolute atomic E-state index is 12.3. The Bertz CT molecular complexity index is 491. The third-order valence-corrected chi connectivity index (χ3v) is 4.57. The van der Waals surface area contributed by atoms with Crippen LogP contribution in [0.4, 0.5) is 4.79 Å². The predicted octanol–water partition coefficient (Wildman–Crippen LogP) is 1.82. The van der Waals surface area contributed by atoms with E-state index in [0.717, 1.165) is 17.7 Å². The molecule has 3 unspecified atom stereocenters. The van der Waals surface area contributed by atoms with E-state index in [1.165, 1.54) is 4.90 Å². The summed E-state index contributed by atoms with van der Waals surface area (Å²) in [4.78, 5) is 25.8. The minimum absolute atomic E-state index is 0.0616. The van der Waals surface area contributed by atoms with Gasteiger partial charge in [0.1, 0.15) is 6.04 Å². The second kappa shape index (κ2) is 6.91. The number of carboxylic acids is 1. The molecule has 0 saturated carbocycles. The topological polar surface area (TPSA) is 89.9 Å². The number of amides is 2. The number of urea groups is 1. The van der Waals surface area contributed by atoms with Gasteiger partial charge in [0, 0.05) is 17.8 Å². The number of aliphatic carboxylic acids is 1. The number of carboxylic acid groups (broad SMARTS) is 1. The highest BCUT2D eigenvalue weighted by Crippen LogP contribution is 2.25. The van der Waals surface area contributed by atoms with Crippen LogP contribution in [-0.2, 0) is 4.79 Å². The standard InChI is InChI=1S/C14H20N2O4S/c1-2-4-10(12-5-3-6-21-12)15-14(20)16-8-9(17)7-11(16)13(18)19/h3,5-6,9-11,17H,2,4,7-8H2,1H3,(H,15,20)(H,18,19). The summed E-state index contributed by atoms with van der Waals surface area (Å²) < 4.78 is 0. The molecule has 1 aromatic heterocycles. The first kappa shape index (κ1) is 15.8. The molecule has 3 N–H and O–H groups in total. The van der Waals surface area contributed by atoms with Crippen molar-refractivity contribution in [3.8, 4) is 0 Å². The van der Waals surface area contributed by atoms with Gasteiger partial charge in [-0.1, -0.05) is 19.4 Å². The van der Waals surface area contributed by atoms with E-state index in [1.807, 2.05) is 24.4 Å². The first-order chi connectivity index (χ1) is 10.0. The largest absolute Gasteiger partial charge is 0.480 e. The fraction of sp³-hybridized carbons (Fsp3) is 0.571. The third-order valence-electron chi connectivity index (χ3n) is 3.59. The van der Waals surface area contributed by atoms with E-state index < -0.39 is 24.1 Å². The molecule has 7 heteroatoms. The molecule has 0 spiro atoms. The van der Waals surface area contributed by atoms with Crippen LogP contribution in [0, 0.1) is 0 Å². The molecule has 1 aliphatic heterocycles. The summed E-state index contributed by atoms with van der Waals surface area (Å²) in [7, 11) is 0. The van der Waals surface area contributed by atoms with Gasteiger partial charge in [0.05, 0.1) is 12.1 Å². The average molecular weight is 312 g/mol. The van der Waals surface area contributed by atoms with E-state index in [1.54, 1.807) is 11.3 Å². The summed E-state index contributed by atoms with van der Waals surface area (Å²) in [5, 5.41) is 23.6. The maximum Gasteiger partial charge on any atom is 0.326 e. The van der Waals surface area contributed by atoms with Gasteiger partial charge in [-0.15, -0.1) is 11.3 Å². The maximum atomic E-state index is 12.3. The Balaban J connectivity index is 2.06. The van der Waals surface area contributed by atoms with Gasteiger partial charge in [0.15, 0.2) is 0 Å². The average Bonchev–Trinajstić information content (AvgIpc) is 3.06. The minimum atomic E-state index is -1.08. The lowest BCUT2D eigenvalue weighted by atomic mass is 10.1. The molecule has 2 rings (SSSR count). The van der Waals surface area contributed by atoms with Crippen molar-refractivity contribution in [2.24, 2.45) is 0 Å². The van der Waals surface area contributed by atoms with Crippen LogP contribution in [0.1, 0.15) is 37.1 Å². The zero-order valence-electron chi connectivity index (χ0n) is 11.9. The number of aliphatic hydroxyl groups is 1. The molecule has 2 amide bonds. The molecule has 0 bridgehead atoms. The first-order valence-corrected chi connectivity index (χ1v) is 7.92. The van der Waals surface area contributed by atoms with Gasteiger partial charge in [0.25, 0.3) is 0 Å². The lowest BCUT2D eigenvalue weighted by Gasteiger charge is -2.25. The van der Waals surface area contributed by atoms with Gasteiger partial charge in [0.2, 0.25) is 0 Å². The Hall–Kier alpha value is -1.60. The summed E-state index contributed by atoms with van der Waals surface area (Å²) in [6.45, 7) is 2.10. The molecule has 21 heavy (non-hydrogen) atoms. The third kappa shape index (κ3) is 3.74. The second-order valence-electron chi connectivity index (χ2n) is 5.20. The van der Waals surface area contributed by atoms with Gasteiger partial charge >= 0.3 is 12.0 Å². The molecular weight excluding hydrogens is 292 g/mol. The number of nitrogens with one attached hydrogen (secondary N) is 1. The van der Waals surface area contributed by atoms with Crippen molar-refractivity contribution in [3.63, 3.8) is 0 Å². The van der Waals surface area contributed by atoms with Crippen LogP contribution in [0.15, 0.2) is 17.5 Å². The molecular formula is C14H20N2O4S. The second-order valence-corrected chi connectivity index (χ2v) is 6.18. The summed E-state index contributed by atoms with van der Waals surface area (Å²) in [5.74, 6) is -1.08. The normalized spacial score (nSPS) is 23.0. The van der Waals surface area contributed by atoms with Crippen LogP contribution >= 0.6 is 11.3 Å². The van der Waals surface area contributed by atoms with E-state index in [0.29, 0.717) is 0 Å². The van der Waals surface area contributed by atoms with Crippen LogP contribution in [0.2, 0.25) is 0 Å². The number of rotatable bonds is 5. The highest BCUT2D eigenvalue weighted by atomic mass is 32.1. The lowest BCUT2D eigenvalue weighted by Crippen LogP contribution is -2.47. The number of nitrogens with zero attached hydrogens (tertiary/aromatic N) is 1. The molecule has 116 valence electrons. The Morgan fingerprint density at radius 1 is 1.57 bits per heavy atom. The quantitative estimate of drug-likeness (QED) is 0.773. The highest BCUT2D eigenvalue weighted by Gasteiger charge is 2.39. The van der Waals surface area contributed by atoms with Crippen LogP contribution in [0.25, 0.3) is 0 Å².